The molecule has 1 aromatic heterocycles. The molecule has 0 atom stereocenters. The van der Waals surface area contributed by atoms with Crippen molar-refractivity contribution < 1.29 is 14.3 Å². The number of tetrazole rings is 1. The lowest BCUT2D eigenvalue weighted by atomic mass is 10.1. The van der Waals surface area contributed by atoms with E-state index in [9.17, 15) is 9.59 Å². The molecule has 0 unspecified atom stereocenters. The predicted octanol–water partition coefficient (Wildman–Crippen LogP) is 2.44. The smallest absolute Gasteiger partial charge is 0.255 e. The van der Waals surface area contributed by atoms with Gasteiger partial charge in [0.2, 0.25) is 0 Å². The van der Waals surface area contributed by atoms with Crippen molar-refractivity contribution in [2.45, 2.75) is 26.5 Å². The highest BCUT2D eigenvalue weighted by molar-refractivity contribution is 6.05. The van der Waals surface area contributed by atoms with Crippen molar-refractivity contribution in [1.82, 2.24) is 25.5 Å². The Bertz CT molecular complexity index is 997. The number of ether oxygens (including phenoxy) is 1. The molecule has 0 fully saturated rings. The quantitative estimate of drug-likeness (QED) is 0.637. The van der Waals surface area contributed by atoms with Crippen molar-refractivity contribution in [2.75, 3.05) is 12.4 Å². The fourth-order valence-electron chi connectivity index (χ4n) is 2.64. The number of carbonyl (C=O) groups excluding carboxylic acids is 2. The van der Waals surface area contributed by atoms with Gasteiger partial charge in [-0.05, 0) is 66.7 Å². The molecule has 29 heavy (non-hydrogen) atoms. The summed E-state index contributed by atoms with van der Waals surface area (Å²) in [6.45, 7) is 4.19. The summed E-state index contributed by atoms with van der Waals surface area (Å²) in [7, 11) is 1.56. The van der Waals surface area contributed by atoms with Crippen molar-refractivity contribution >= 4 is 17.5 Å². The van der Waals surface area contributed by atoms with Gasteiger partial charge in [-0.25, -0.2) is 4.68 Å². The molecule has 0 saturated heterocycles. The molecule has 0 radical (unpaired) electrons. The van der Waals surface area contributed by atoms with Crippen LogP contribution in [0.3, 0.4) is 0 Å². The average Bonchev–Trinajstić information content (AvgIpc) is 3.21. The second kappa shape index (κ2) is 8.96. The maximum absolute atomic E-state index is 12.5. The molecule has 0 bridgehead atoms. The van der Waals surface area contributed by atoms with E-state index in [0.717, 1.165) is 0 Å². The first kappa shape index (κ1) is 20.0. The van der Waals surface area contributed by atoms with Gasteiger partial charge in [0.05, 0.1) is 6.04 Å². The van der Waals surface area contributed by atoms with Gasteiger partial charge in [-0.15, -0.1) is 5.10 Å². The van der Waals surface area contributed by atoms with E-state index in [1.54, 1.807) is 60.3 Å². The van der Waals surface area contributed by atoms with Crippen LogP contribution in [0.15, 0.2) is 48.5 Å². The van der Waals surface area contributed by atoms with E-state index < -0.39 is 0 Å². The molecular weight excluding hydrogens is 372 g/mol. The van der Waals surface area contributed by atoms with Gasteiger partial charge in [-0.2, -0.15) is 0 Å². The number of benzene rings is 2. The van der Waals surface area contributed by atoms with Crippen LogP contribution < -0.4 is 15.4 Å². The van der Waals surface area contributed by atoms with Gasteiger partial charge in [0.15, 0.2) is 5.82 Å². The topological polar surface area (TPSA) is 111 Å². The lowest BCUT2D eigenvalue weighted by Gasteiger charge is -2.10. The second-order valence-corrected chi connectivity index (χ2v) is 6.56. The van der Waals surface area contributed by atoms with Crippen LogP contribution >= 0.6 is 0 Å². The molecule has 9 heteroatoms. The predicted molar refractivity (Wildman–Crippen MR) is 107 cm³/mol. The number of hydrogen-bond acceptors (Lipinski definition) is 6. The Morgan fingerprint density at radius 1 is 1.07 bits per heavy atom. The minimum Gasteiger partial charge on any atom is -0.486 e. The number of aromatic nitrogens is 4. The number of rotatable bonds is 7. The van der Waals surface area contributed by atoms with Crippen molar-refractivity contribution in [3.05, 3.63) is 65.5 Å². The molecule has 3 rings (SSSR count). The van der Waals surface area contributed by atoms with Gasteiger partial charge < -0.3 is 15.4 Å². The van der Waals surface area contributed by atoms with E-state index in [-0.39, 0.29) is 24.5 Å². The van der Waals surface area contributed by atoms with Crippen LogP contribution in [-0.4, -0.2) is 39.1 Å². The Kier molecular flexibility index (Phi) is 6.18. The summed E-state index contributed by atoms with van der Waals surface area (Å²) < 4.78 is 7.40. The average molecular weight is 394 g/mol. The summed E-state index contributed by atoms with van der Waals surface area (Å²) >= 11 is 0. The molecule has 1 heterocycles. The lowest BCUT2D eigenvalue weighted by molar-refractivity contribution is 0.0961. The molecule has 2 N–H and O–H groups in total. The van der Waals surface area contributed by atoms with Crippen LogP contribution in [0.4, 0.5) is 5.69 Å². The number of nitrogens with one attached hydrogen (secondary N) is 2. The van der Waals surface area contributed by atoms with Gasteiger partial charge >= 0.3 is 0 Å². The SMILES string of the molecule is CNC(=O)c1cccc(NC(=O)c2ccc(OCc3nnnn3C(C)C)cc2)c1. The lowest BCUT2D eigenvalue weighted by Crippen LogP contribution is -2.18. The third kappa shape index (κ3) is 4.95. The van der Waals surface area contributed by atoms with E-state index in [0.29, 0.717) is 28.4 Å². The van der Waals surface area contributed by atoms with Gasteiger partial charge in [0.25, 0.3) is 11.8 Å². The molecule has 2 amide bonds. The van der Waals surface area contributed by atoms with E-state index in [1.165, 1.54) is 0 Å². The first-order valence-corrected chi connectivity index (χ1v) is 9.11. The zero-order valence-electron chi connectivity index (χ0n) is 16.4. The molecule has 0 aliphatic rings. The maximum atomic E-state index is 12.5. The Balaban J connectivity index is 1.61. The normalized spacial score (nSPS) is 10.6. The summed E-state index contributed by atoms with van der Waals surface area (Å²) in [5, 5.41) is 16.9. The summed E-state index contributed by atoms with van der Waals surface area (Å²) in [4.78, 5) is 24.2. The fourth-order valence-corrected chi connectivity index (χ4v) is 2.64. The minimum atomic E-state index is -0.283. The number of hydrogen-bond donors (Lipinski definition) is 2. The molecule has 0 spiro atoms. The highest BCUT2D eigenvalue weighted by Gasteiger charge is 2.11. The number of carbonyl (C=O) groups is 2. The van der Waals surface area contributed by atoms with Crippen LogP contribution in [-0.2, 0) is 6.61 Å². The molecule has 3 aromatic rings. The van der Waals surface area contributed by atoms with E-state index >= 15 is 0 Å². The number of anilines is 1. The van der Waals surface area contributed by atoms with Crippen LogP contribution in [0.5, 0.6) is 5.75 Å². The molecule has 9 nitrogen and oxygen atoms in total. The standard InChI is InChI=1S/C20H22N6O3/c1-13(2)26-18(23-24-25-26)12-29-17-9-7-14(8-10-17)20(28)22-16-6-4-5-15(11-16)19(27)21-3/h4-11,13H,12H2,1-3H3,(H,21,27)(H,22,28). The Morgan fingerprint density at radius 2 is 1.83 bits per heavy atom. The Morgan fingerprint density at radius 3 is 2.52 bits per heavy atom. The third-order valence-corrected chi connectivity index (χ3v) is 4.14. The summed E-state index contributed by atoms with van der Waals surface area (Å²) in [5.41, 5.74) is 1.48. The van der Waals surface area contributed by atoms with Crippen molar-refractivity contribution in [1.29, 1.82) is 0 Å². The summed E-state index contributed by atoms with van der Waals surface area (Å²) in [6.07, 6.45) is 0. The van der Waals surface area contributed by atoms with E-state index in [2.05, 4.69) is 26.2 Å². The molecule has 0 aliphatic carbocycles. The first-order valence-electron chi connectivity index (χ1n) is 9.11. The molecule has 0 aliphatic heterocycles. The number of nitrogens with zero attached hydrogens (tertiary/aromatic N) is 4. The van der Waals surface area contributed by atoms with E-state index in [4.69, 9.17) is 4.74 Å². The maximum Gasteiger partial charge on any atom is 0.255 e. The van der Waals surface area contributed by atoms with Crippen LogP contribution in [0.2, 0.25) is 0 Å². The summed E-state index contributed by atoms with van der Waals surface area (Å²) in [5.74, 6) is 0.722. The monoisotopic (exact) mass is 394 g/mol. The molecule has 150 valence electrons. The van der Waals surface area contributed by atoms with Gasteiger partial charge in [0.1, 0.15) is 12.4 Å². The largest absolute Gasteiger partial charge is 0.486 e. The molecule has 0 saturated carbocycles. The highest BCUT2D eigenvalue weighted by Crippen LogP contribution is 2.17. The highest BCUT2D eigenvalue weighted by atomic mass is 16.5. The van der Waals surface area contributed by atoms with Crippen LogP contribution in [0, 0.1) is 0 Å². The Hall–Kier alpha value is -3.75. The number of amides is 2. The fraction of sp³-hybridized carbons (Fsp3) is 0.250. The first-order chi connectivity index (χ1) is 14.0. The molecular formula is C20H22N6O3. The van der Waals surface area contributed by atoms with Crippen molar-refractivity contribution in [3.8, 4) is 5.75 Å². The van der Waals surface area contributed by atoms with Crippen molar-refractivity contribution in [3.63, 3.8) is 0 Å². The zero-order valence-corrected chi connectivity index (χ0v) is 16.4. The van der Waals surface area contributed by atoms with Gasteiger partial charge in [0, 0.05) is 23.9 Å². The van der Waals surface area contributed by atoms with E-state index in [1.807, 2.05) is 13.8 Å². The van der Waals surface area contributed by atoms with Crippen LogP contribution in [0.25, 0.3) is 0 Å². The molecule has 2 aromatic carbocycles. The second-order valence-electron chi connectivity index (χ2n) is 6.56. The van der Waals surface area contributed by atoms with Crippen LogP contribution in [0.1, 0.15) is 46.4 Å². The Labute approximate surface area is 168 Å². The van der Waals surface area contributed by atoms with Gasteiger partial charge in [-0.3, -0.25) is 9.59 Å². The van der Waals surface area contributed by atoms with Crippen molar-refractivity contribution in [2.24, 2.45) is 0 Å². The summed E-state index contributed by atoms with van der Waals surface area (Å²) in [6, 6.07) is 13.6. The third-order valence-electron chi connectivity index (χ3n) is 4.14. The van der Waals surface area contributed by atoms with Gasteiger partial charge in [-0.1, -0.05) is 6.07 Å². The minimum absolute atomic E-state index is 0.136. The zero-order chi connectivity index (χ0) is 20.8.